The molecule has 0 unspecified atom stereocenters. The molecule has 0 fully saturated rings. The minimum atomic E-state index is -0.00255. The van der Waals surface area contributed by atoms with Crippen molar-refractivity contribution in [3.63, 3.8) is 0 Å². The van der Waals surface area contributed by atoms with Gasteiger partial charge in [0.1, 0.15) is 5.69 Å². The van der Waals surface area contributed by atoms with Gasteiger partial charge < -0.3 is 18.9 Å². The maximum atomic E-state index is 13.1. The van der Waals surface area contributed by atoms with Gasteiger partial charge in [0.15, 0.2) is 11.5 Å². The number of carbonyl (C=O) groups is 1. The number of nitrogens with zero attached hydrogens (tertiary/aromatic N) is 2. The zero-order chi connectivity index (χ0) is 20.8. The number of carbonyl (C=O) groups excluding carboxylic acids is 1. The van der Waals surface area contributed by atoms with Crippen LogP contribution >= 0.6 is 0 Å². The van der Waals surface area contributed by atoms with Gasteiger partial charge in [0, 0.05) is 26.3 Å². The third-order valence-electron chi connectivity index (χ3n) is 5.13. The third-order valence-corrected chi connectivity index (χ3v) is 5.13. The Morgan fingerprint density at radius 2 is 1.69 bits per heavy atom. The quantitative estimate of drug-likeness (QED) is 0.573. The molecule has 0 aliphatic rings. The molecule has 0 radical (unpaired) electrons. The van der Waals surface area contributed by atoms with E-state index in [1.165, 1.54) is 5.56 Å². The second-order valence-corrected chi connectivity index (χ2v) is 7.12. The van der Waals surface area contributed by atoms with Crippen LogP contribution in [0.15, 0.2) is 60.8 Å². The normalized spacial score (nSPS) is 10.6. The molecule has 3 aromatic rings. The number of hydrogen-bond acceptors (Lipinski definition) is 3. The molecule has 0 spiro atoms. The molecule has 0 bridgehead atoms. The van der Waals surface area contributed by atoms with Gasteiger partial charge in [-0.2, -0.15) is 0 Å². The molecule has 3 rings (SSSR count). The lowest BCUT2D eigenvalue weighted by molar-refractivity contribution is 0.0774. The molecular formula is C24H28N2O3. The number of methoxy groups -OCH3 is 2. The van der Waals surface area contributed by atoms with Gasteiger partial charge in [-0.1, -0.05) is 30.3 Å². The lowest BCUT2D eigenvalue weighted by Crippen LogP contribution is -2.28. The number of aromatic nitrogens is 1. The molecule has 1 aromatic heterocycles. The largest absolute Gasteiger partial charge is 0.493 e. The van der Waals surface area contributed by atoms with E-state index in [0.29, 0.717) is 23.7 Å². The summed E-state index contributed by atoms with van der Waals surface area (Å²) in [5, 5.41) is 0. The summed E-state index contributed by atoms with van der Waals surface area (Å²) in [6.45, 7) is 3.27. The maximum absolute atomic E-state index is 13.1. The average Bonchev–Trinajstić information content (AvgIpc) is 3.22. The first kappa shape index (κ1) is 20.5. The van der Waals surface area contributed by atoms with E-state index in [2.05, 4.69) is 12.1 Å². The molecule has 29 heavy (non-hydrogen) atoms. The molecule has 5 heteroatoms. The number of hydrogen-bond donors (Lipinski definition) is 0. The van der Waals surface area contributed by atoms with Crippen molar-refractivity contribution in [2.24, 2.45) is 0 Å². The van der Waals surface area contributed by atoms with Crippen LogP contribution in [0.5, 0.6) is 11.5 Å². The van der Waals surface area contributed by atoms with Crippen LogP contribution in [0.2, 0.25) is 0 Å². The van der Waals surface area contributed by atoms with E-state index in [0.717, 1.165) is 24.1 Å². The van der Waals surface area contributed by atoms with Crippen LogP contribution in [0.4, 0.5) is 0 Å². The average molecular weight is 392 g/mol. The predicted molar refractivity (Wildman–Crippen MR) is 115 cm³/mol. The summed E-state index contributed by atoms with van der Waals surface area (Å²) in [6.07, 6.45) is 2.85. The fraction of sp³-hybridized carbons (Fsp3) is 0.292. The number of benzene rings is 2. The van der Waals surface area contributed by atoms with E-state index in [1.807, 2.05) is 67.2 Å². The summed E-state index contributed by atoms with van der Waals surface area (Å²) < 4.78 is 12.8. The fourth-order valence-corrected chi connectivity index (χ4v) is 3.41. The topological polar surface area (TPSA) is 43.7 Å². The molecule has 0 N–H and O–H groups in total. The summed E-state index contributed by atoms with van der Waals surface area (Å²) in [6, 6.07) is 18.0. The molecular weight excluding hydrogens is 364 g/mol. The number of aryl methyl sites for hydroxylation is 3. The zero-order valence-electron chi connectivity index (χ0n) is 17.5. The molecule has 0 saturated heterocycles. The molecule has 2 aromatic carbocycles. The minimum absolute atomic E-state index is 0.00255. The van der Waals surface area contributed by atoms with Gasteiger partial charge in [-0.3, -0.25) is 4.79 Å². The Labute approximate surface area is 172 Å². The van der Waals surface area contributed by atoms with Crippen LogP contribution < -0.4 is 9.47 Å². The Kier molecular flexibility index (Phi) is 6.60. The monoisotopic (exact) mass is 392 g/mol. The van der Waals surface area contributed by atoms with Crippen molar-refractivity contribution in [3.05, 3.63) is 83.2 Å². The first-order valence-electron chi connectivity index (χ1n) is 9.69. The number of rotatable bonds is 8. The first-order valence-corrected chi connectivity index (χ1v) is 9.69. The molecule has 0 aliphatic carbocycles. The highest BCUT2D eigenvalue weighted by molar-refractivity contribution is 5.92. The van der Waals surface area contributed by atoms with Crippen LogP contribution in [-0.4, -0.2) is 36.6 Å². The smallest absolute Gasteiger partial charge is 0.270 e. The highest BCUT2D eigenvalue weighted by atomic mass is 16.5. The molecule has 1 heterocycles. The van der Waals surface area contributed by atoms with E-state index in [-0.39, 0.29) is 5.91 Å². The maximum Gasteiger partial charge on any atom is 0.270 e. The molecule has 152 valence electrons. The van der Waals surface area contributed by atoms with Crippen LogP contribution in [-0.2, 0) is 19.5 Å². The van der Waals surface area contributed by atoms with Gasteiger partial charge in [-0.15, -0.1) is 0 Å². The Bertz CT molecular complexity index is 964. The molecule has 1 amide bonds. The van der Waals surface area contributed by atoms with Crippen molar-refractivity contribution in [2.45, 2.75) is 26.4 Å². The van der Waals surface area contributed by atoms with Crippen molar-refractivity contribution in [1.29, 1.82) is 0 Å². The molecule has 5 nitrogen and oxygen atoms in total. The Morgan fingerprint density at radius 3 is 2.38 bits per heavy atom. The summed E-state index contributed by atoms with van der Waals surface area (Å²) in [5.74, 6) is 1.36. The molecule has 0 atom stereocenters. The van der Waals surface area contributed by atoms with Gasteiger partial charge in [0.2, 0.25) is 0 Å². The van der Waals surface area contributed by atoms with Crippen molar-refractivity contribution in [3.8, 4) is 11.5 Å². The number of ether oxygens (including phenoxy) is 2. The lowest BCUT2D eigenvalue weighted by atomic mass is 10.1. The van der Waals surface area contributed by atoms with Gasteiger partial charge >= 0.3 is 0 Å². The summed E-state index contributed by atoms with van der Waals surface area (Å²) in [5.41, 5.74) is 4.04. The lowest BCUT2D eigenvalue weighted by Gasteiger charge is -2.21. The molecule has 0 saturated carbocycles. The van der Waals surface area contributed by atoms with E-state index >= 15 is 0 Å². The standard InChI is InChI=1S/C24H28N2O3/c1-18-15-22(28-3)23(29-4)16-20(18)17-25(2)24(27)21-11-8-13-26(21)14-12-19-9-6-5-7-10-19/h5-11,13,15-16H,12,14,17H2,1-4H3. The van der Waals surface area contributed by atoms with Crippen LogP contribution in [0.1, 0.15) is 27.2 Å². The van der Waals surface area contributed by atoms with Crippen LogP contribution in [0.25, 0.3) is 0 Å². The highest BCUT2D eigenvalue weighted by Gasteiger charge is 2.18. The fourth-order valence-electron chi connectivity index (χ4n) is 3.41. The Hall–Kier alpha value is -3.21. The zero-order valence-corrected chi connectivity index (χ0v) is 17.5. The van der Waals surface area contributed by atoms with Gasteiger partial charge in [-0.05, 0) is 54.3 Å². The predicted octanol–water partition coefficient (Wildman–Crippen LogP) is 4.33. The summed E-state index contributed by atoms with van der Waals surface area (Å²) in [4.78, 5) is 14.8. The van der Waals surface area contributed by atoms with Crippen molar-refractivity contribution >= 4 is 5.91 Å². The van der Waals surface area contributed by atoms with Gasteiger partial charge in [0.05, 0.1) is 14.2 Å². The third kappa shape index (κ3) is 4.80. The summed E-state index contributed by atoms with van der Waals surface area (Å²) in [7, 11) is 5.06. The second-order valence-electron chi connectivity index (χ2n) is 7.12. The minimum Gasteiger partial charge on any atom is -0.493 e. The van der Waals surface area contributed by atoms with Crippen LogP contribution in [0, 0.1) is 6.92 Å². The van der Waals surface area contributed by atoms with Crippen molar-refractivity contribution in [1.82, 2.24) is 9.47 Å². The van der Waals surface area contributed by atoms with Crippen molar-refractivity contribution < 1.29 is 14.3 Å². The number of amides is 1. The van der Waals surface area contributed by atoms with E-state index in [9.17, 15) is 4.79 Å². The SMILES string of the molecule is COc1cc(C)c(CN(C)C(=O)c2cccn2CCc2ccccc2)cc1OC. The van der Waals surface area contributed by atoms with E-state index in [1.54, 1.807) is 19.1 Å². The Morgan fingerprint density at radius 1 is 1.00 bits per heavy atom. The highest BCUT2D eigenvalue weighted by Crippen LogP contribution is 2.30. The first-order chi connectivity index (χ1) is 14.0. The summed E-state index contributed by atoms with van der Waals surface area (Å²) >= 11 is 0. The van der Waals surface area contributed by atoms with Crippen molar-refractivity contribution in [2.75, 3.05) is 21.3 Å². The Balaban J connectivity index is 1.72. The van der Waals surface area contributed by atoms with Crippen LogP contribution in [0.3, 0.4) is 0 Å². The van der Waals surface area contributed by atoms with E-state index in [4.69, 9.17) is 9.47 Å². The van der Waals surface area contributed by atoms with Gasteiger partial charge in [-0.25, -0.2) is 0 Å². The second kappa shape index (κ2) is 9.32. The molecule has 0 aliphatic heterocycles. The van der Waals surface area contributed by atoms with E-state index < -0.39 is 0 Å². The van der Waals surface area contributed by atoms with Gasteiger partial charge in [0.25, 0.3) is 5.91 Å².